The second-order valence-electron chi connectivity index (χ2n) is 5.68. The molecule has 0 unspecified atom stereocenters. The van der Waals surface area contributed by atoms with Crippen LogP contribution in [0.25, 0.3) is 16.2 Å². The first kappa shape index (κ1) is 16.5. The fourth-order valence-electron chi connectivity index (χ4n) is 2.63. The van der Waals surface area contributed by atoms with E-state index in [1.54, 1.807) is 15.9 Å². The summed E-state index contributed by atoms with van der Waals surface area (Å²) < 4.78 is 7.19. The number of amides is 1. The largest absolute Gasteiger partial charge is 0.376 e. The lowest BCUT2D eigenvalue weighted by Crippen LogP contribution is -2.32. The van der Waals surface area contributed by atoms with Gasteiger partial charge in [-0.3, -0.25) is 4.79 Å². The SMILES string of the molecule is O=C(CSc1nnc2ccc(-c3cccs3)nn12)NC[C@H]1CCCO1. The first-order valence-electron chi connectivity index (χ1n) is 8.07. The molecule has 0 aromatic carbocycles. The summed E-state index contributed by atoms with van der Waals surface area (Å²) in [6.45, 7) is 1.36. The summed E-state index contributed by atoms with van der Waals surface area (Å²) in [5, 5.41) is 18.4. The number of fused-ring (bicyclic) bond motifs is 1. The minimum Gasteiger partial charge on any atom is -0.376 e. The molecule has 9 heteroatoms. The molecule has 0 saturated carbocycles. The maximum absolute atomic E-state index is 12.0. The van der Waals surface area contributed by atoms with Crippen molar-refractivity contribution in [2.75, 3.05) is 18.9 Å². The van der Waals surface area contributed by atoms with Crippen molar-refractivity contribution in [3.8, 4) is 10.6 Å². The lowest BCUT2D eigenvalue weighted by atomic mass is 10.2. The summed E-state index contributed by atoms with van der Waals surface area (Å²) in [6, 6.07) is 7.83. The molecule has 1 aliphatic rings. The quantitative estimate of drug-likeness (QED) is 0.666. The number of nitrogens with one attached hydrogen (secondary N) is 1. The van der Waals surface area contributed by atoms with Crippen molar-refractivity contribution in [3.05, 3.63) is 29.6 Å². The standard InChI is InChI=1S/C16H17N5O2S2/c22-15(17-9-11-3-1-7-23-11)10-25-16-19-18-14-6-5-12(20-21(14)16)13-4-2-8-24-13/h2,4-6,8,11H,1,3,7,9-10H2,(H,17,22)/t11-/m1/s1. The monoisotopic (exact) mass is 375 g/mol. The van der Waals surface area contributed by atoms with Crippen LogP contribution in [0.15, 0.2) is 34.8 Å². The molecule has 1 saturated heterocycles. The van der Waals surface area contributed by atoms with E-state index >= 15 is 0 Å². The Morgan fingerprint density at radius 2 is 2.36 bits per heavy atom. The van der Waals surface area contributed by atoms with Crippen LogP contribution in [-0.2, 0) is 9.53 Å². The Hall–Kier alpha value is -1.97. The first-order valence-corrected chi connectivity index (χ1v) is 9.93. The van der Waals surface area contributed by atoms with Crippen LogP contribution >= 0.6 is 23.1 Å². The summed E-state index contributed by atoms with van der Waals surface area (Å²) >= 11 is 2.96. The van der Waals surface area contributed by atoms with Crippen molar-refractivity contribution in [2.45, 2.75) is 24.1 Å². The van der Waals surface area contributed by atoms with Crippen molar-refractivity contribution in [1.29, 1.82) is 0 Å². The molecule has 0 radical (unpaired) electrons. The highest BCUT2D eigenvalue weighted by Crippen LogP contribution is 2.24. The van der Waals surface area contributed by atoms with Crippen LogP contribution in [0.4, 0.5) is 0 Å². The van der Waals surface area contributed by atoms with Gasteiger partial charge >= 0.3 is 0 Å². The van der Waals surface area contributed by atoms with Crippen molar-refractivity contribution in [2.24, 2.45) is 0 Å². The molecule has 25 heavy (non-hydrogen) atoms. The molecule has 7 nitrogen and oxygen atoms in total. The summed E-state index contributed by atoms with van der Waals surface area (Å²) in [5.41, 5.74) is 1.54. The minimum absolute atomic E-state index is 0.0355. The van der Waals surface area contributed by atoms with E-state index < -0.39 is 0 Å². The van der Waals surface area contributed by atoms with Crippen LogP contribution in [0.2, 0.25) is 0 Å². The zero-order chi connectivity index (χ0) is 17.1. The van der Waals surface area contributed by atoms with Gasteiger partial charge in [-0.25, -0.2) is 0 Å². The van der Waals surface area contributed by atoms with E-state index in [1.165, 1.54) is 11.8 Å². The third-order valence-electron chi connectivity index (χ3n) is 3.89. The Morgan fingerprint density at radius 1 is 1.40 bits per heavy atom. The zero-order valence-corrected chi connectivity index (χ0v) is 15.1. The topological polar surface area (TPSA) is 81.4 Å². The summed E-state index contributed by atoms with van der Waals surface area (Å²) in [6.07, 6.45) is 2.23. The number of aromatic nitrogens is 4. The number of hydrogen-bond donors (Lipinski definition) is 1. The highest BCUT2D eigenvalue weighted by molar-refractivity contribution is 7.99. The molecule has 3 aromatic heterocycles. The van der Waals surface area contributed by atoms with Gasteiger partial charge in [-0.05, 0) is 36.4 Å². The van der Waals surface area contributed by atoms with Gasteiger partial charge in [0.15, 0.2) is 5.65 Å². The average Bonchev–Trinajstić information content (AvgIpc) is 3.39. The summed E-state index contributed by atoms with van der Waals surface area (Å²) in [4.78, 5) is 13.1. The number of hydrogen-bond acceptors (Lipinski definition) is 7. The van der Waals surface area contributed by atoms with Gasteiger partial charge in [0.05, 0.1) is 16.7 Å². The smallest absolute Gasteiger partial charge is 0.230 e. The van der Waals surface area contributed by atoms with E-state index in [0.29, 0.717) is 17.3 Å². The normalized spacial score (nSPS) is 17.2. The fourth-order valence-corrected chi connectivity index (χ4v) is 4.04. The van der Waals surface area contributed by atoms with E-state index in [-0.39, 0.29) is 17.8 Å². The fraction of sp³-hybridized carbons (Fsp3) is 0.375. The number of carbonyl (C=O) groups excluding carboxylic acids is 1. The third kappa shape index (κ3) is 3.83. The van der Waals surface area contributed by atoms with Crippen LogP contribution in [0.3, 0.4) is 0 Å². The van der Waals surface area contributed by atoms with Crippen LogP contribution in [0, 0.1) is 0 Å². The molecule has 1 aliphatic heterocycles. The van der Waals surface area contributed by atoms with Crippen molar-refractivity contribution < 1.29 is 9.53 Å². The molecule has 3 aromatic rings. The maximum Gasteiger partial charge on any atom is 0.230 e. The molecule has 4 rings (SSSR count). The number of carbonyl (C=O) groups is 1. The Bertz CT molecular complexity index is 859. The number of nitrogens with zero attached hydrogens (tertiary/aromatic N) is 4. The Kier molecular flexibility index (Phi) is 4.95. The predicted molar refractivity (Wildman–Crippen MR) is 96.8 cm³/mol. The van der Waals surface area contributed by atoms with Gasteiger partial charge in [-0.2, -0.15) is 9.61 Å². The molecule has 1 fully saturated rings. The van der Waals surface area contributed by atoms with Gasteiger partial charge in [-0.15, -0.1) is 21.5 Å². The number of ether oxygens (including phenoxy) is 1. The van der Waals surface area contributed by atoms with Crippen LogP contribution in [0.5, 0.6) is 0 Å². The predicted octanol–water partition coefficient (Wildman–Crippen LogP) is 2.24. The van der Waals surface area contributed by atoms with Crippen LogP contribution in [0.1, 0.15) is 12.8 Å². The lowest BCUT2D eigenvalue weighted by Gasteiger charge is -2.10. The second kappa shape index (κ2) is 7.51. The zero-order valence-electron chi connectivity index (χ0n) is 13.4. The first-order chi connectivity index (χ1) is 12.3. The van der Waals surface area contributed by atoms with E-state index in [4.69, 9.17) is 4.74 Å². The molecular weight excluding hydrogens is 358 g/mol. The van der Waals surface area contributed by atoms with Crippen molar-refractivity contribution in [1.82, 2.24) is 25.1 Å². The van der Waals surface area contributed by atoms with Gasteiger partial charge in [-0.1, -0.05) is 17.8 Å². The number of thioether (sulfide) groups is 1. The molecule has 1 atom stereocenters. The Labute approximate surface area is 152 Å². The Balaban J connectivity index is 1.40. The molecule has 0 spiro atoms. The average molecular weight is 375 g/mol. The molecule has 130 valence electrons. The highest BCUT2D eigenvalue weighted by atomic mass is 32.2. The molecule has 0 bridgehead atoms. The van der Waals surface area contributed by atoms with E-state index in [1.807, 2.05) is 29.6 Å². The summed E-state index contributed by atoms with van der Waals surface area (Å²) in [7, 11) is 0. The summed E-state index contributed by atoms with van der Waals surface area (Å²) in [5.74, 6) is 0.241. The molecule has 1 N–H and O–H groups in total. The van der Waals surface area contributed by atoms with Gasteiger partial charge < -0.3 is 10.1 Å². The third-order valence-corrected chi connectivity index (χ3v) is 5.70. The molecule has 0 aliphatic carbocycles. The van der Waals surface area contributed by atoms with Gasteiger partial charge in [0, 0.05) is 13.2 Å². The lowest BCUT2D eigenvalue weighted by molar-refractivity contribution is -0.119. The minimum atomic E-state index is -0.0355. The molecule has 4 heterocycles. The van der Waals surface area contributed by atoms with E-state index in [2.05, 4.69) is 20.6 Å². The van der Waals surface area contributed by atoms with E-state index in [9.17, 15) is 4.79 Å². The second-order valence-corrected chi connectivity index (χ2v) is 7.57. The van der Waals surface area contributed by atoms with E-state index in [0.717, 1.165) is 30.0 Å². The molecule has 1 amide bonds. The van der Waals surface area contributed by atoms with Gasteiger partial charge in [0.1, 0.15) is 5.69 Å². The van der Waals surface area contributed by atoms with Crippen molar-refractivity contribution in [3.63, 3.8) is 0 Å². The maximum atomic E-state index is 12.0. The number of rotatable bonds is 6. The van der Waals surface area contributed by atoms with Gasteiger partial charge in [0.2, 0.25) is 11.1 Å². The van der Waals surface area contributed by atoms with Gasteiger partial charge in [0.25, 0.3) is 0 Å². The Morgan fingerprint density at radius 3 is 3.16 bits per heavy atom. The number of thiophene rings is 1. The van der Waals surface area contributed by atoms with Crippen LogP contribution < -0.4 is 5.32 Å². The highest BCUT2D eigenvalue weighted by Gasteiger charge is 2.17. The van der Waals surface area contributed by atoms with Crippen LogP contribution in [-0.4, -0.2) is 50.7 Å². The van der Waals surface area contributed by atoms with Crippen molar-refractivity contribution >= 4 is 34.7 Å². The molecular formula is C16H17N5O2S2.